The van der Waals surface area contributed by atoms with Crippen molar-refractivity contribution >= 4 is 22.8 Å². The minimum atomic E-state index is -1.61. The first-order valence-electron chi connectivity index (χ1n) is 14.1. The van der Waals surface area contributed by atoms with Gasteiger partial charge in [-0.15, -0.1) is 0 Å². The Morgan fingerprint density at radius 2 is 1.63 bits per heavy atom. The third kappa shape index (κ3) is 7.89. The van der Waals surface area contributed by atoms with Gasteiger partial charge in [-0.2, -0.15) is 0 Å². The molecule has 8 nitrogen and oxygen atoms in total. The van der Waals surface area contributed by atoms with Crippen LogP contribution in [0.15, 0.2) is 83.8 Å². The lowest BCUT2D eigenvalue weighted by Gasteiger charge is -2.24. The van der Waals surface area contributed by atoms with Gasteiger partial charge in [-0.05, 0) is 67.6 Å². The molecule has 0 spiro atoms. The number of fused-ring (bicyclic) bond motifs is 1. The number of carbonyl (C=O) groups is 2. The first kappa shape index (κ1) is 30.6. The number of benzene rings is 3. The van der Waals surface area contributed by atoms with Crippen molar-refractivity contribution in [3.63, 3.8) is 0 Å². The molecule has 0 saturated heterocycles. The van der Waals surface area contributed by atoms with Crippen molar-refractivity contribution < 1.29 is 24.0 Å². The van der Waals surface area contributed by atoms with Crippen LogP contribution in [-0.2, 0) is 28.6 Å². The normalized spacial score (nSPS) is 18.2. The van der Waals surface area contributed by atoms with Crippen LogP contribution >= 0.6 is 0 Å². The van der Waals surface area contributed by atoms with Gasteiger partial charge in [0, 0.05) is 37.5 Å². The Morgan fingerprint density at radius 3 is 2.32 bits per heavy atom. The van der Waals surface area contributed by atoms with E-state index in [0.29, 0.717) is 36.4 Å². The van der Waals surface area contributed by atoms with Crippen LogP contribution in [0.4, 0.5) is 0 Å². The van der Waals surface area contributed by atoms with Gasteiger partial charge >= 0.3 is 0 Å². The molecule has 5 unspecified atom stereocenters. The first-order valence-corrected chi connectivity index (χ1v) is 15.3. The average molecular weight is 578 g/mol. The Balaban J connectivity index is 1.38. The molecule has 0 aliphatic heterocycles. The summed E-state index contributed by atoms with van der Waals surface area (Å²) < 4.78 is 15.7. The van der Waals surface area contributed by atoms with Crippen LogP contribution in [0.1, 0.15) is 53.4 Å². The van der Waals surface area contributed by atoms with Crippen molar-refractivity contribution in [1.29, 1.82) is 0 Å². The zero-order valence-electron chi connectivity index (χ0n) is 23.5. The Morgan fingerprint density at radius 1 is 0.976 bits per heavy atom. The van der Waals surface area contributed by atoms with E-state index in [9.17, 15) is 24.0 Å². The standard InChI is InChI=1S/C32H39N3O5S/c1-3-35(4-2)32(39)23-14-16-27(17-15-23)41(40)33-21-26(36)19-25(18-22-10-6-5-7-11-22)31(38)34-30-28-13-9-8-12-24(28)20-29(30)37/h5-17,25-26,29-30,33,36-37H,3-4,18-21H2,1-2H3,(H,34,38). The number of rotatable bonds is 13. The summed E-state index contributed by atoms with van der Waals surface area (Å²) in [5.41, 5.74) is 3.42. The fourth-order valence-corrected chi connectivity index (χ4v) is 6.18. The largest absolute Gasteiger partial charge is 0.392 e. The molecule has 41 heavy (non-hydrogen) atoms. The lowest BCUT2D eigenvalue weighted by atomic mass is 9.92. The molecule has 5 atom stereocenters. The number of amides is 2. The second kappa shape index (κ2) is 14.5. The monoisotopic (exact) mass is 577 g/mol. The molecule has 0 bridgehead atoms. The van der Waals surface area contributed by atoms with E-state index in [1.54, 1.807) is 29.2 Å². The van der Waals surface area contributed by atoms with Crippen LogP contribution < -0.4 is 10.0 Å². The maximum atomic E-state index is 13.5. The summed E-state index contributed by atoms with van der Waals surface area (Å²) in [6, 6.07) is 23.4. The number of hydrogen-bond acceptors (Lipinski definition) is 5. The minimum Gasteiger partial charge on any atom is -0.392 e. The van der Waals surface area contributed by atoms with E-state index >= 15 is 0 Å². The van der Waals surface area contributed by atoms with Crippen LogP contribution in [0.2, 0.25) is 0 Å². The van der Waals surface area contributed by atoms with E-state index in [1.807, 2.05) is 68.4 Å². The molecule has 3 aromatic carbocycles. The SMILES string of the molecule is CCN(CC)C(=O)c1ccc(S(=O)NCC(O)CC(Cc2ccccc2)C(=O)NC2c3ccccc3CC2O)cc1. The number of nitrogens with zero attached hydrogens (tertiary/aromatic N) is 1. The molecule has 0 heterocycles. The van der Waals surface area contributed by atoms with E-state index in [1.165, 1.54) is 0 Å². The van der Waals surface area contributed by atoms with Gasteiger partial charge < -0.3 is 20.4 Å². The minimum absolute atomic E-state index is 0.0141. The Labute approximate surface area is 244 Å². The maximum Gasteiger partial charge on any atom is 0.253 e. The molecule has 0 radical (unpaired) electrons. The molecule has 4 N–H and O–H groups in total. The average Bonchev–Trinajstić information content (AvgIpc) is 3.31. The highest BCUT2D eigenvalue weighted by atomic mass is 32.2. The fraction of sp³-hybridized carbons (Fsp3) is 0.375. The van der Waals surface area contributed by atoms with Crippen molar-refractivity contribution in [1.82, 2.24) is 14.9 Å². The number of carbonyl (C=O) groups excluding carboxylic acids is 2. The molecule has 1 aliphatic rings. The third-order valence-corrected chi connectivity index (χ3v) is 8.70. The predicted octanol–water partition coefficient (Wildman–Crippen LogP) is 3.17. The van der Waals surface area contributed by atoms with Crippen molar-refractivity contribution in [2.24, 2.45) is 5.92 Å². The second-order valence-electron chi connectivity index (χ2n) is 10.4. The lowest BCUT2D eigenvalue weighted by Crippen LogP contribution is -2.40. The molecule has 2 amide bonds. The van der Waals surface area contributed by atoms with Crippen LogP contribution in [0.3, 0.4) is 0 Å². The highest BCUT2D eigenvalue weighted by Crippen LogP contribution is 2.32. The first-order chi connectivity index (χ1) is 19.8. The van der Waals surface area contributed by atoms with E-state index in [4.69, 9.17) is 0 Å². The van der Waals surface area contributed by atoms with Gasteiger partial charge in [0.2, 0.25) is 5.91 Å². The molecule has 4 rings (SSSR count). The zero-order valence-corrected chi connectivity index (χ0v) is 24.3. The summed E-state index contributed by atoms with van der Waals surface area (Å²) in [6.07, 6.45) is -0.612. The van der Waals surface area contributed by atoms with Gasteiger partial charge in [0.1, 0.15) is 11.0 Å². The number of aliphatic hydroxyl groups excluding tert-OH is 2. The summed E-state index contributed by atoms with van der Waals surface area (Å²) in [4.78, 5) is 28.2. The van der Waals surface area contributed by atoms with E-state index < -0.39 is 35.2 Å². The van der Waals surface area contributed by atoms with Gasteiger partial charge in [0.05, 0.1) is 23.1 Å². The van der Waals surface area contributed by atoms with E-state index in [2.05, 4.69) is 10.0 Å². The zero-order chi connectivity index (χ0) is 29.4. The second-order valence-corrected chi connectivity index (χ2v) is 11.6. The summed E-state index contributed by atoms with van der Waals surface area (Å²) in [7, 11) is -1.61. The molecule has 9 heteroatoms. The van der Waals surface area contributed by atoms with Gasteiger partial charge in [0.25, 0.3) is 5.91 Å². The van der Waals surface area contributed by atoms with Gasteiger partial charge in [-0.3, -0.25) is 9.59 Å². The van der Waals surface area contributed by atoms with Gasteiger partial charge in [-0.25, -0.2) is 8.93 Å². The van der Waals surface area contributed by atoms with Crippen molar-refractivity contribution in [3.8, 4) is 0 Å². The summed E-state index contributed by atoms with van der Waals surface area (Å²) in [6.45, 7) is 5.08. The molecular weight excluding hydrogens is 538 g/mol. The van der Waals surface area contributed by atoms with Crippen LogP contribution in [0.25, 0.3) is 0 Å². The lowest BCUT2D eigenvalue weighted by molar-refractivity contribution is -0.127. The van der Waals surface area contributed by atoms with Crippen molar-refractivity contribution in [2.75, 3.05) is 19.6 Å². The summed E-state index contributed by atoms with van der Waals surface area (Å²) in [5, 5.41) is 24.5. The van der Waals surface area contributed by atoms with Crippen LogP contribution in [-0.4, -0.2) is 63.0 Å². The number of nitrogens with one attached hydrogen (secondary N) is 2. The van der Waals surface area contributed by atoms with Crippen LogP contribution in [0.5, 0.6) is 0 Å². The smallest absolute Gasteiger partial charge is 0.253 e. The molecule has 1 aliphatic carbocycles. The maximum absolute atomic E-state index is 13.5. The quantitative estimate of drug-likeness (QED) is 0.249. The number of hydrogen-bond donors (Lipinski definition) is 4. The van der Waals surface area contributed by atoms with Crippen LogP contribution in [0, 0.1) is 5.92 Å². The molecular formula is C32H39N3O5S. The fourth-order valence-electron chi connectivity index (χ4n) is 5.28. The van der Waals surface area contributed by atoms with Crippen molar-refractivity contribution in [2.45, 2.75) is 56.3 Å². The van der Waals surface area contributed by atoms with Gasteiger partial charge in [0.15, 0.2) is 0 Å². The molecule has 0 fully saturated rings. The predicted molar refractivity (Wildman–Crippen MR) is 159 cm³/mol. The highest BCUT2D eigenvalue weighted by Gasteiger charge is 2.34. The summed E-state index contributed by atoms with van der Waals surface area (Å²) >= 11 is 0. The molecule has 3 aromatic rings. The number of aliphatic hydroxyl groups is 2. The Hall–Kier alpha value is -3.37. The highest BCUT2D eigenvalue weighted by molar-refractivity contribution is 7.83. The van der Waals surface area contributed by atoms with Crippen molar-refractivity contribution in [3.05, 3.63) is 101 Å². The third-order valence-electron chi connectivity index (χ3n) is 7.57. The van der Waals surface area contributed by atoms with Gasteiger partial charge in [-0.1, -0.05) is 54.6 Å². The van der Waals surface area contributed by atoms with E-state index in [0.717, 1.165) is 16.7 Å². The Kier molecular flexibility index (Phi) is 10.8. The van der Waals surface area contributed by atoms with E-state index in [-0.39, 0.29) is 24.8 Å². The molecule has 218 valence electrons. The summed E-state index contributed by atoms with van der Waals surface area (Å²) in [5.74, 6) is -0.886. The molecule has 0 saturated carbocycles. The Bertz CT molecular complexity index is 1330. The molecule has 0 aromatic heterocycles. The topological polar surface area (TPSA) is 119 Å².